The van der Waals surface area contributed by atoms with Crippen LogP contribution < -0.4 is 10.6 Å². The fraction of sp³-hybridized carbons (Fsp3) is 0.450. The summed E-state index contributed by atoms with van der Waals surface area (Å²) in [6.07, 6.45) is 0. The molecule has 0 unspecified atom stereocenters. The van der Waals surface area contributed by atoms with E-state index in [1.54, 1.807) is 18.4 Å². The normalized spacial score (nSPS) is 11.1. The Kier molecular flexibility index (Phi) is 12.3. The fourth-order valence-corrected chi connectivity index (χ4v) is 3.27. The Morgan fingerprint density at radius 3 is 2.48 bits per heavy atom. The monoisotopic (exact) mass is 503 g/mol. The van der Waals surface area contributed by atoms with E-state index < -0.39 is 0 Å². The van der Waals surface area contributed by atoms with Crippen LogP contribution in [0.3, 0.4) is 0 Å². The summed E-state index contributed by atoms with van der Waals surface area (Å²) in [5.74, 6) is 0.800. The molecule has 0 radical (unpaired) electrons. The third kappa shape index (κ3) is 9.55. The minimum absolute atomic E-state index is 0. The van der Waals surface area contributed by atoms with Gasteiger partial charge in [0.15, 0.2) is 5.96 Å². The maximum Gasteiger partial charge on any atom is 0.191 e. The topological polar surface area (TPSA) is 54.9 Å². The summed E-state index contributed by atoms with van der Waals surface area (Å²) in [7, 11) is 1.79. The van der Waals surface area contributed by atoms with Crippen LogP contribution in [0.15, 0.2) is 41.4 Å². The second-order valence-electron chi connectivity index (χ2n) is 5.86. The lowest BCUT2D eigenvalue weighted by Crippen LogP contribution is -2.36. The molecule has 5 nitrogen and oxygen atoms in total. The molecule has 2 rings (SSSR count). The molecular weight excluding hydrogens is 473 g/mol. The fourth-order valence-electron chi connectivity index (χ4n) is 2.44. The van der Waals surface area contributed by atoms with Crippen LogP contribution in [-0.2, 0) is 29.2 Å². The maximum absolute atomic E-state index is 5.63. The first-order chi connectivity index (χ1) is 12.7. The molecule has 2 N–H and O–H groups in total. The molecule has 0 aliphatic carbocycles. The molecule has 1 aromatic heterocycles. The number of ether oxygens (including phenoxy) is 2. The highest BCUT2D eigenvalue weighted by molar-refractivity contribution is 14.0. The Labute approximate surface area is 183 Å². The summed E-state index contributed by atoms with van der Waals surface area (Å²) in [5, 5.41) is 6.71. The lowest BCUT2D eigenvalue weighted by atomic mass is 10.1. The van der Waals surface area contributed by atoms with Gasteiger partial charge in [-0.05, 0) is 37.1 Å². The van der Waals surface area contributed by atoms with Gasteiger partial charge in [0, 0.05) is 30.0 Å². The van der Waals surface area contributed by atoms with Crippen LogP contribution in [0.25, 0.3) is 0 Å². The Hall–Kier alpha value is -1.16. The lowest BCUT2D eigenvalue weighted by Gasteiger charge is -2.12. The molecule has 0 spiro atoms. The molecule has 0 saturated carbocycles. The second-order valence-corrected chi connectivity index (χ2v) is 7.23. The van der Waals surface area contributed by atoms with E-state index >= 15 is 0 Å². The van der Waals surface area contributed by atoms with E-state index in [2.05, 4.69) is 58.9 Å². The quantitative estimate of drug-likeness (QED) is 0.222. The molecular formula is C20H30IN3O2S. The number of thiophene rings is 1. The number of nitrogens with one attached hydrogen (secondary N) is 2. The minimum Gasteiger partial charge on any atom is -0.379 e. The number of halogens is 1. The number of benzene rings is 1. The summed E-state index contributed by atoms with van der Waals surface area (Å²) in [6.45, 7) is 8.20. The van der Waals surface area contributed by atoms with Crippen molar-refractivity contribution in [3.8, 4) is 0 Å². The first kappa shape index (κ1) is 23.9. The van der Waals surface area contributed by atoms with Crippen LogP contribution in [0.5, 0.6) is 0 Å². The highest BCUT2D eigenvalue weighted by Gasteiger charge is 2.02. The molecule has 27 heavy (non-hydrogen) atoms. The van der Waals surface area contributed by atoms with Gasteiger partial charge in [-0.2, -0.15) is 0 Å². The summed E-state index contributed by atoms with van der Waals surface area (Å²) >= 11 is 1.80. The smallest absolute Gasteiger partial charge is 0.191 e. The number of hydrogen-bond donors (Lipinski definition) is 2. The van der Waals surface area contributed by atoms with Crippen LogP contribution in [0.1, 0.15) is 27.8 Å². The minimum atomic E-state index is 0. The summed E-state index contributed by atoms with van der Waals surface area (Å²) < 4.78 is 10.9. The molecule has 0 atom stereocenters. The van der Waals surface area contributed by atoms with Crippen molar-refractivity contribution in [3.63, 3.8) is 0 Å². The molecule has 0 fully saturated rings. The van der Waals surface area contributed by atoms with E-state index in [1.165, 1.54) is 15.3 Å². The van der Waals surface area contributed by atoms with E-state index in [1.807, 2.05) is 6.92 Å². The van der Waals surface area contributed by atoms with Crippen LogP contribution in [0.2, 0.25) is 0 Å². The van der Waals surface area contributed by atoms with Crippen LogP contribution >= 0.6 is 35.3 Å². The van der Waals surface area contributed by atoms with E-state index in [0.717, 1.165) is 31.2 Å². The maximum atomic E-state index is 5.63. The van der Waals surface area contributed by atoms with Gasteiger partial charge in [0.05, 0.1) is 26.4 Å². The molecule has 0 aliphatic rings. The Balaban J connectivity index is 0.00000364. The number of rotatable bonds is 10. The van der Waals surface area contributed by atoms with Crippen LogP contribution in [0, 0.1) is 6.92 Å². The molecule has 0 bridgehead atoms. The Morgan fingerprint density at radius 2 is 1.78 bits per heavy atom. The standard InChI is InChI=1S/C20H29N3O2S.HI/c1-4-24-10-11-25-15-18-7-5-6-17(12-18)13-22-20(21-3)23-14-19-9-8-16(2)26-19;/h5-9,12H,4,10-11,13-15H2,1-3H3,(H2,21,22,23);1H. The molecule has 0 amide bonds. The van der Waals surface area contributed by atoms with Crippen LogP contribution in [0.4, 0.5) is 0 Å². The lowest BCUT2D eigenvalue weighted by molar-refractivity contribution is 0.0453. The zero-order valence-electron chi connectivity index (χ0n) is 16.3. The van der Waals surface area contributed by atoms with Gasteiger partial charge in [0.25, 0.3) is 0 Å². The van der Waals surface area contributed by atoms with Gasteiger partial charge in [-0.25, -0.2) is 0 Å². The number of hydrogen-bond acceptors (Lipinski definition) is 4. The molecule has 2 aromatic rings. The van der Waals surface area contributed by atoms with E-state index in [9.17, 15) is 0 Å². The van der Waals surface area contributed by atoms with Crippen molar-refractivity contribution >= 4 is 41.3 Å². The Morgan fingerprint density at radius 1 is 1.04 bits per heavy atom. The van der Waals surface area contributed by atoms with Gasteiger partial charge in [-0.15, -0.1) is 35.3 Å². The molecule has 1 heterocycles. The van der Waals surface area contributed by atoms with Gasteiger partial charge < -0.3 is 20.1 Å². The molecule has 0 aliphatic heterocycles. The van der Waals surface area contributed by atoms with Gasteiger partial charge in [-0.1, -0.05) is 24.3 Å². The number of aryl methyl sites for hydroxylation is 1. The number of guanidine groups is 1. The van der Waals surface area contributed by atoms with Crippen LogP contribution in [-0.4, -0.2) is 32.8 Å². The predicted molar refractivity (Wildman–Crippen MR) is 124 cm³/mol. The van der Waals surface area contributed by atoms with Crippen molar-refractivity contribution in [2.24, 2.45) is 4.99 Å². The van der Waals surface area contributed by atoms with Crippen molar-refractivity contribution in [2.75, 3.05) is 26.9 Å². The summed E-state index contributed by atoms with van der Waals surface area (Å²) in [4.78, 5) is 6.91. The highest BCUT2D eigenvalue weighted by Crippen LogP contribution is 2.14. The first-order valence-electron chi connectivity index (χ1n) is 8.94. The average Bonchev–Trinajstić information content (AvgIpc) is 3.07. The van der Waals surface area contributed by atoms with Crippen molar-refractivity contribution in [1.29, 1.82) is 0 Å². The third-order valence-corrected chi connectivity index (χ3v) is 4.75. The van der Waals surface area contributed by atoms with Crippen molar-refractivity contribution in [2.45, 2.75) is 33.5 Å². The van der Waals surface area contributed by atoms with E-state index in [4.69, 9.17) is 9.47 Å². The molecule has 7 heteroatoms. The number of aliphatic imine (C=N–C) groups is 1. The Bertz CT molecular complexity index is 691. The largest absolute Gasteiger partial charge is 0.379 e. The number of nitrogens with zero attached hydrogens (tertiary/aromatic N) is 1. The average molecular weight is 503 g/mol. The highest BCUT2D eigenvalue weighted by atomic mass is 127. The van der Waals surface area contributed by atoms with Gasteiger partial charge in [0.1, 0.15) is 0 Å². The van der Waals surface area contributed by atoms with E-state index in [0.29, 0.717) is 19.8 Å². The summed E-state index contributed by atoms with van der Waals surface area (Å²) in [6, 6.07) is 12.7. The molecule has 1 aromatic carbocycles. The molecule has 150 valence electrons. The predicted octanol–water partition coefficient (Wildman–Crippen LogP) is 4.09. The van der Waals surface area contributed by atoms with Gasteiger partial charge in [0.2, 0.25) is 0 Å². The summed E-state index contributed by atoms with van der Waals surface area (Å²) in [5.41, 5.74) is 2.36. The zero-order chi connectivity index (χ0) is 18.6. The third-order valence-electron chi connectivity index (χ3n) is 3.75. The van der Waals surface area contributed by atoms with Crippen molar-refractivity contribution < 1.29 is 9.47 Å². The van der Waals surface area contributed by atoms with Crippen molar-refractivity contribution in [1.82, 2.24) is 10.6 Å². The second kappa shape index (κ2) is 13.9. The van der Waals surface area contributed by atoms with Gasteiger partial charge >= 0.3 is 0 Å². The van der Waals surface area contributed by atoms with Gasteiger partial charge in [-0.3, -0.25) is 4.99 Å². The zero-order valence-corrected chi connectivity index (χ0v) is 19.4. The SMILES string of the molecule is CCOCCOCc1cccc(CNC(=NC)NCc2ccc(C)s2)c1.I. The molecule has 0 saturated heterocycles. The first-order valence-corrected chi connectivity index (χ1v) is 9.76. The van der Waals surface area contributed by atoms with E-state index in [-0.39, 0.29) is 24.0 Å². The van der Waals surface area contributed by atoms with Crippen molar-refractivity contribution in [3.05, 3.63) is 57.3 Å².